The number of rotatable bonds is 2. The number of hydrogen-bond acceptors (Lipinski definition) is 3. The van der Waals surface area contributed by atoms with Crippen LogP contribution in [0.1, 0.15) is 16.0 Å². The highest BCUT2D eigenvalue weighted by Crippen LogP contribution is 2.27. The minimum atomic E-state index is -0.219. The summed E-state index contributed by atoms with van der Waals surface area (Å²) in [4.78, 5) is 14.1. The second-order valence-corrected chi connectivity index (χ2v) is 5.62. The molecule has 2 aromatic carbocycles. The molecule has 0 atom stereocenters. The van der Waals surface area contributed by atoms with Crippen LogP contribution in [-0.4, -0.2) is 10.1 Å². The Morgan fingerprint density at radius 3 is 2.58 bits per heavy atom. The van der Waals surface area contributed by atoms with Gasteiger partial charge in [-0.1, -0.05) is 47.7 Å². The first-order chi connectivity index (χ1) is 9.15. The lowest BCUT2D eigenvalue weighted by molar-refractivity contribution is 0.451. The summed E-state index contributed by atoms with van der Waals surface area (Å²) in [6, 6.07) is 12.3. The SMILES string of the molecule is Cc1ccc(Cc2sc(=O)[nH]c2O)c2ccccc12. The zero-order chi connectivity index (χ0) is 13.4. The second kappa shape index (κ2) is 4.55. The Morgan fingerprint density at radius 2 is 1.89 bits per heavy atom. The van der Waals surface area contributed by atoms with E-state index in [1.165, 1.54) is 16.3 Å². The zero-order valence-electron chi connectivity index (χ0n) is 10.4. The predicted octanol–water partition coefficient (Wildman–Crippen LogP) is 3.19. The summed E-state index contributed by atoms with van der Waals surface area (Å²) in [5, 5.41) is 12.1. The third-order valence-corrected chi connectivity index (χ3v) is 4.16. The molecule has 19 heavy (non-hydrogen) atoms. The van der Waals surface area contributed by atoms with Crippen LogP contribution in [0, 0.1) is 6.92 Å². The Hall–Kier alpha value is -2.07. The number of aromatic amines is 1. The van der Waals surface area contributed by atoms with Gasteiger partial charge in [0.05, 0.1) is 4.88 Å². The van der Waals surface area contributed by atoms with Gasteiger partial charge in [-0.2, -0.15) is 0 Å². The molecule has 0 aliphatic rings. The van der Waals surface area contributed by atoms with E-state index in [0.717, 1.165) is 16.9 Å². The standard InChI is InChI=1S/C15H13NO2S/c1-9-6-7-10(12-5-3-2-4-11(9)12)8-13-14(17)16-15(18)19-13/h2-7,17H,8H2,1H3,(H,16,18). The molecule has 3 aromatic rings. The molecule has 3 rings (SSSR count). The van der Waals surface area contributed by atoms with E-state index in [0.29, 0.717) is 11.3 Å². The van der Waals surface area contributed by atoms with Crippen molar-refractivity contribution in [3.8, 4) is 5.88 Å². The van der Waals surface area contributed by atoms with Crippen LogP contribution in [0.2, 0.25) is 0 Å². The Labute approximate surface area is 114 Å². The van der Waals surface area contributed by atoms with E-state index in [1.807, 2.05) is 12.1 Å². The third-order valence-electron chi connectivity index (χ3n) is 3.28. The average Bonchev–Trinajstić information content (AvgIpc) is 2.72. The lowest BCUT2D eigenvalue weighted by Gasteiger charge is -2.08. The minimum absolute atomic E-state index is 0.0142. The van der Waals surface area contributed by atoms with Crippen LogP contribution < -0.4 is 4.87 Å². The van der Waals surface area contributed by atoms with Crippen molar-refractivity contribution < 1.29 is 5.11 Å². The summed E-state index contributed by atoms with van der Waals surface area (Å²) in [7, 11) is 0. The Kier molecular flexibility index (Phi) is 2.87. The van der Waals surface area contributed by atoms with Gasteiger partial charge in [0.25, 0.3) is 0 Å². The molecule has 0 spiro atoms. The van der Waals surface area contributed by atoms with E-state index in [-0.39, 0.29) is 10.8 Å². The van der Waals surface area contributed by atoms with Crippen LogP contribution in [-0.2, 0) is 6.42 Å². The number of aromatic hydroxyl groups is 1. The molecule has 0 saturated carbocycles. The highest BCUT2D eigenvalue weighted by atomic mass is 32.1. The Bertz CT molecular complexity index is 801. The normalized spacial score (nSPS) is 11.0. The summed E-state index contributed by atoms with van der Waals surface area (Å²) in [6.07, 6.45) is 0.566. The molecule has 2 N–H and O–H groups in total. The van der Waals surface area contributed by atoms with Crippen molar-refractivity contribution in [2.24, 2.45) is 0 Å². The number of nitrogens with one attached hydrogen (secondary N) is 1. The van der Waals surface area contributed by atoms with Gasteiger partial charge < -0.3 is 5.11 Å². The van der Waals surface area contributed by atoms with Crippen LogP contribution in [0.4, 0.5) is 0 Å². The van der Waals surface area contributed by atoms with Crippen LogP contribution in [0.3, 0.4) is 0 Å². The topological polar surface area (TPSA) is 53.1 Å². The van der Waals surface area contributed by atoms with Gasteiger partial charge in [0.1, 0.15) is 0 Å². The largest absolute Gasteiger partial charge is 0.494 e. The molecule has 0 aliphatic heterocycles. The maximum absolute atomic E-state index is 11.2. The van der Waals surface area contributed by atoms with E-state index in [4.69, 9.17) is 0 Å². The number of aromatic nitrogens is 1. The lowest BCUT2D eigenvalue weighted by Crippen LogP contribution is -1.90. The maximum atomic E-state index is 11.2. The van der Waals surface area contributed by atoms with Crippen LogP contribution in [0.5, 0.6) is 5.88 Å². The summed E-state index contributed by atoms with van der Waals surface area (Å²) < 4.78 is 0. The number of benzene rings is 2. The van der Waals surface area contributed by atoms with E-state index < -0.39 is 0 Å². The molecule has 0 aliphatic carbocycles. The molecule has 1 heterocycles. The number of fused-ring (bicyclic) bond motifs is 1. The van der Waals surface area contributed by atoms with Crippen molar-refractivity contribution in [3.63, 3.8) is 0 Å². The highest BCUT2D eigenvalue weighted by molar-refractivity contribution is 7.09. The summed E-state index contributed by atoms with van der Waals surface area (Å²) in [6.45, 7) is 2.08. The van der Waals surface area contributed by atoms with E-state index >= 15 is 0 Å². The number of H-pyrrole nitrogens is 1. The van der Waals surface area contributed by atoms with Crippen LogP contribution in [0.25, 0.3) is 10.8 Å². The third kappa shape index (κ3) is 2.15. The van der Waals surface area contributed by atoms with Gasteiger partial charge in [0, 0.05) is 6.42 Å². The van der Waals surface area contributed by atoms with Gasteiger partial charge in [-0.3, -0.25) is 9.78 Å². The molecular weight excluding hydrogens is 258 g/mol. The molecule has 0 saturated heterocycles. The first-order valence-electron chi connectivity index (χ1n) is 6.03. The first kappa shape index (κ1) is 12.0. The maximum Gasteiger partial charge on any atom is 0.307 e. The predicted molar refractivity (Wildman–Crippen MR) is 78.1 cm³/mol. The molecule has 0 unspecified atom stereocenters. The first-order valence-corrected chi connectivity index (χ1v) is 6.85. The van der Waals surface area contributed by atoms with Gasteiger partial charge in [-0.25, -0.2) is 0 Å². The fourth-order valence-electron chi connectivity index (χ4n) is 2.31. The van der Waals surface area contributed by atoms with Crippen molar-refractivity contribution in [2.45, 2.75) is 13.3 Å². The van der Waals surface area contributed by atoms with E-state index in [9.17, 15) is 9.90 Å². The number of hydrogen-bond donors (Lipinski definition) is 2. The van der Waals surface area contributed by atoms with Gasteiger partial charge in [0.2, 0.25) is 5.88 Å². The Morgan fingerprint density at radius 1 is 1.16 bits per heavy atom. The molecule has 0 fully saturated rings. The quantitative estimate of drug-likeness (QED) is 0.752. The highest BCUT2D eigenvalue weighted by Gasteiger charge is 2.10. The molecule has 0 bridgehead atoms. The minimum Gasteiger partial charge on any atom is -0.494 e. The fourth-order valence-corrected chi connectivity index (χ4v) is 3.06. The monoisotopic (exact) mass is 271 g/mol. The molecule has 1 aromatic heterocycles. The summed E-state index contributed by atoms with van der Waals surface area (Å²) in [5.41, 5.74) is 2.34. The molecule has 96 valence electrons. The van der Waals surface area contributed by atoms with Crippen molar-refractivity contribution in [2.75, 3.05) is 0 Å². The Balaban J connectivity index is 2.13. The molecular formula is C15H13NO2S. The van der Waals surface area contributed by atoms with Gasteiger partial charge in [0.15, 0.2) is 0 Å². The van der Waals surface area contributed by atoms with Crippen LogP contribution in [0.15, 0.2) is 41.2 Å². The number of thiazole rings is 1. The van der Waals surface area contributed by atoms with Gasteiger partial charge >= 0.3 is 4.87 Å². The molecule has 3 nitrogen and oxygen atoms in total. The summed E-state index contributed by atoms with van der Waals surface area (Å²) in [5.74, 6) is -0.0142. The molecule has 4 heteroatoms. The van der Waals surface area contributed by atoms with Crippen molar-refractivity contribution >= 4 is 22.1 Å². The van der Waals surface area contributed by atoms with Crippen LogP contribution >= 0.6 is 11.3 Å². The van der Waals surface area contributed by atoms with Crippen molar-refractivity contribution in [3.05, 3.63) is 62.1 Å². The van der Waals surface area contributed by atoms with E-state index in [1.54, 1.807) is 0 Å². The smallest absolute Gasteiger partial charge is 0.307 e. The second-order valence-electron chi connectivity index (χ2n) is 4.55. The lowest BCUT2D eigenvalue weighted by atomic mass is 9.98. The van der Waals surface area contributed by atoms with Crippen molar-refractivity contribution in [1.82, 2.24) is 4.98 Å². The van der Waals surface area contributed by atoms with Crippen molar-refractivity contribution in [1.29, 1.82) is 0 Å². The number of aryl methyl sites for hydroxylation is 1. The molecule has 0 amide bonds. The molecule has 0 radical (unpaired) electrons. The average molecular weight is 271 g/mol. The van der Waals surface area contributed by atoms with Gasteiger partial charge in [-0.05, 0) is 28.8 Å². The summed E-state index contributed by atoms with van der Waals surface area (Å²) >= 11 is 1.06. The van der Waals surface area contributed by atoms with Gasteiger partial charge in [-0.15, -0.1) is 0 Å². The zero-order valence-corrected chi connectivity index (χ0v) is 11.3. The van der Waals surface area contributed by atoms with E-state index in [2.05, 4.69) is 36.2 Å². The fraction of sp³-hybridized carbons (Fsp3) is 0.133.